The van der Waals surface area contributed by atoms with E-state index in [0.29, 0.717) is 16.0 Å². The van der Waals surface area contributed by atoms with Crippen molar-refractivity contribution in [2.24, 2.45) is 16.4 Å². The number of benzene rings is 1. The van der Waals surface area contributed by atoms with E-state index in [1.165, 1.54) is 6.42 Å². The summed E-state index contributed by atoms with van der Waals surface area (Å²) in [5.74, 6) is 0.547. The number of rotatable bonds is 4. The molecule has 0 atom stereocenters. The molecule has 120 valence electrons. The Hall–Kier alpha value is -1.35. The molecule has 1 N–H and O–H groups in total. The maximum atomic E-state index is 12.0. The lowest BCUT2D eigenvalue weighted by atomic mass is 9.69. The molecule has 0 bridgehead atoms. The first kappa shape index (κ1) is 17.0. The molecule has 0 saturated heterocycles. The smallest absolute Gasteiger partial charge is 0.267 e. The Morgan fingerprint density at radius 3 is 2.64 bits per heavy atom. The van der Waals surface area contributed by atoms with Crippen LogP contribution in [0.3, 0.4) is 0 Å². The second-order valence-corrected chi connectivity index (χ2v) is 7.18. The number of nitrogens with one attached hydrogen (secondary N) is 1. The molecule has 4 heteroatoms. The predicted octanol–water partition coefficient (Wildman–Crippen LogP) is 5.05. The van der Waals surface area contributed by atoms with Crippen molar-refractivity contribution in [3.63, 3.8) is 0 Å². The molecule has 0 radical (unpaired) electrons. The molecule has 1 fully saturated rings. The largest absolute Gasteiger partial charge is 0.271 e. The van der Waals surface area contributed by atoms with Crippen LogP contribution in [0.25, 0.3) is 0 Å². The highest BCUT2D eigenvalue weighted by Gasteiger charge is 2.30. The quantitative estimate of drug-likeness (QED) is 0.775. The van der Waals surface area contributed by atoms with Gasteiger partial charge in [0.05, 0.1) is 0 Å². The zero-order chi connectivity index (χ0) is 16.2. The molecule has 1 aliphatic carbocycles. The summed E-state index contributed by atoms with van der Waals surface area (Å²) in [6.07, 6.45) is 5.48. The Balaban J connectivity index is 1.89. The second-order valence-electron chi connectivity index (χ2n) is 6.75. The Morgan fingerprint density at radius 1 is 1.36 bits per heavy atom. The highest BCUT2D eigenvalue weighted by Crippen LogP contribution is 2.39. The normalized spacial score (nSPS) is 18.9. The predicted molar refractivity (Wildman–Crippen MR) is 92.4 cm³/mol. The van der Waals surface area contributed by atoms with Crippen LogP contribution in [0.1, 0.15) is 63.2 Å². The van der Waals surface area contributed by atoms with Crippen LogP contribution < -0.4 is 5.43 Å². The van der Waals surface area contributed by atoms with Gasteiger partial charge in [-0.25, -0.2) is 5.43 Å². The van der Waals surface area contributed by atoms with Crippen molar-refractivity contribution in [2.75, 3.05) is 0 Å². The van der Waals surface area contributed by atoms with E-state index in [0.717, 1.165) is 37.3 Å². The van der Waals surface area contributed by atoms with Gasteiger partial charge in [-0.05, 0) is 55.2 Å². The van der Waals surface area contributed by atoms with E-state index < -0.39 is 0 Å². The minimum absolute atomic E-state index is 0.203. The van der Waals surface area contributed by atoms with Gasteiger partial charge in [-0.15, -0.1) is 0 Å². The summed E-state index contributed by atoms with van der Waals surface area (Å²) in [7, 11) is 0. The van der Waals surface area contributed by atoms with Crippen LogP contribution in [0.2, 0.25) is 5.02 Å². The maximum absolute atomic E-state index is 12.0. The van der Waals surface area contributed by atoms with E-state index >= 15 is 0 Å². The fourth-order valence-electron chi connectivity index (χ4n) is 2.96. The minimum atomic E-state index is -0.203. The average molecular weight is 321 g/mol. The van der Waals surface area contributed by atoms with Crippen LogP contribution >= 0.6 is 11.6 Å². The van der Waals surface area contributed by atoms with E-state index in [1.807, 2.05) is 0 Å². The van der Waals surface area contributed by atoms with Crippen molar-refractivity contribution in [3.8, 4) is 0 Å². The second kappa shape index (κ2) is 7.28. The third-order valence-corrected chi connectivity index (χ3v) is 5.22. The first-order valence-electron chi connectivity index (χ1n) is 8.03. The molecular weight excluding hydrogens is 296 g/mol. The fraction of sp³-hybridized carbons (Fsp3) is 0.556. The highest BCUT2D eigenvalue weighted by molar-refractivity contribution is 6.30. The molecule has 3 nitrogen and oxygen atoms in total. The van der Waals surface area contributed by atoms with Gasteiger partial charge in [0, 0.05) is 16.3 Å². The van der Waals surface area contributed by atoms with E-state index in [4.69, 9.17) is 11.6 Å². The molecule has 2 rings (SSSR count). The number of amides is 1. The van der Waals surface area contributed by atoms with Crippen LogP contribution in [0.5, 0.6) is 0 Å². The van der Waals surface area contributed by atoms with E-state index in [1.54, 1.807) is 24.3 Å². The molecule has 1 aromatic rings. The first-order chi connectivity index (χ1) is 10.4. The van der Waals surface area contributed by atoms with Gasteiger partial charge < -0.3 is 0 Å². The Morgan fingerprint density at radius 2 is 2.05 bits per heavy atom. The van der Waals surface area contributed by atoms with Gasteiger partial charge in [-0.3, -0.25) is 4.79 Å². The topological polar surface area (TPSA) is 41.5 Å². The van der Waals surface area contributed by atoms with Gasteiger partial charge in [-0.1, -0.05) is 44.9 Å². The van der Waals surface area contributed by atoms with Crippen molar-refractivity contribution in [3.05, 3.63) is 34.9 Å². The number of hydrogen-bond acceptors (Lipinski definition) is 2. The summed E-state index contributed by atoms with van der Waals surface area (Å²) in [6.45, 7) is 6.95. The number of carbonyl (C=O) groups is 1. The first-order valence-corrected chi connectivity index (χ1v) is 8.41. The van der Waals surface area contributed by atoms with Crippen molar-refractivity contribution in [1.82, 2.24) is 5.43 Å². The molecule has 1 aromatic carbocycles. The van der Waals surface area contributed by atoms with Crippen LogP contribution in [-0.2, 0) is 0 Å². The molecule has 0 heterocycles. The van der Waals surface area contributed by atoms with E-state index in [2.05, 4.69) is 31.3 Å². The van der Waals surface area contributed by atoms with E-state index in [9.17, 15) is 4.79 Å². The molecule has 0 aromatic heterocycles. The van der Waals surface area contributed by atoms with Gasteiger partial charge in [0.25, 0.3) is 5.91 Å². The van der Waals surface area contributed by atoms with Crippen molar-refractivity contribution in [2.45, 2.75) is 52.9 Å². The molecule has 0 spiro atoms. The van der Waals surface area contributed by atoms with Crippen molar-refractivity contribution < 1.29 is 4.79 Å². The van der Waals surface area contributed by atoms with Crippen LogP contribution in [0.15, 0.2) is 29.4 Å². The highest BCUT2D eigenvalue weighted by atomic mass is 35.5. The average Bonchev–Trinajstić information content (AvgIpc) is 2.53. The summed E-state index contributed by atoms with van der Waals surface area (Å²) in [6, 6.07) is 6.91. The van der Waals surface area contributed by atoms with Crippen molar-refractivity contribution in [1.29, 1.82) is 0 Å². The van der Waals surface area contributed by atoms with Gasteiger partial charge in [0.1, 0.15) is 0 Å². The zero-order valence-electron chi connectivity index (χ0n) is 13.7. The summed E-state index contributed by atoms with van der Waals surface area (Å²) >= 11 is 5.89. The third kappa shape index (κ3) is 4.33. The molecule has 0 aliphatic heterocycles. The van der Waals surface area contributed by atoms with Gasteiger partial charge >= 0.3 is 0 Å². The number of hydrogen-bond donors (Lipinski definition) is 1. The maximum Gasteiger partial charge on any atom is 0.271 e. The van der Waals surface area contributed by atoms with Crippen LogP contribution in [0.4, 0.5) is 0 Å². The lowest BCUT2D eigenvalue weighted by molar-refractivity contribution is 0.0954. The third-order valence-electron chi connectivity index (χ3n) is 4.98. The fourth-order valence-corrected chi connectivity index (χ4v) is 3.15. The SMILES string of the molecule is CCC(C)(C)C1CCC(=NNC(=O)c2cccc(Cl)c2)CC1. The van der Waals surface area contributed by atoms with Crippen LogP contribution in [-0.4, -0.2) is 11.6 Å². The molecule has 22 heavy (non-hydrogen) atoms. The summed E-state index contributed by atoms with van der Waals surface area (Å²) in [4.78, 5) is 12.0. The standard InChI is InChI=1S/C18H25ClN2O/c1-4-18(2,3)14-8-10-16(11-9-14)20-21-17(22)13-6-5-7-15(19)12-13/h5-7,12,14H,4,8-11H2,1-3H3,(H,21,22). The number of halogens is 1. The summed E-state index contributed by atoms with van der Waals surface area (Å²) in [5, 5.41) is 4.86. The summed E-state index contributed by atoms with van der Waals surface area (Å²) in [5.41, 5.74) is 4.69. The molecule has 1 saturated carbocycles. The molecular formula is C18H25ClN2O. The number of carbonyl (C=O) groups excluding carboxylic acids is 1. The number of hydrazone groups is 1. The summed E-state index contributed by atoms with van der Waals surface area (Å²) < 4.78 is 0. The van der Waals surface area contributed by atoms with E-state index in [-0.39, 0.29) is 5.91 Å². The Kier molecular flexibility index (Phi) is 5.63. The van der Waals surface area contributed by atoms with Gasteiger partial charge in [-0.2, -0.15) is 5.10 Å². The monoisotopic (exact) mass is 320 g/mol. The van der Waals surface area contributed by atoms with Crippen molar-refractivity contribution >= 4 is 23.2 Å². The molecule has 0 unspecified atom stereocenters. The lowest BCUT2D eigenvalue weighted by Crippen LogP contribution is -2.29. The van der Waals surface area contributed by atoms with Gasteiger partial charge in [0.2, 0.25) is 0 Å². The lowest BCUT2D eigenvalue weighted by Gasteiger charge is -2.36. The molecule has 1 amide bonds. The van der Waals surface area contributed by atoms with Gasteiger partial charge in [0.15, 0.2) is 0 Å². The van der Waals surface area contributed by atoms with Crippen LogP contribution in [0, 0.1) is 11.3 Å². The molecule has 1 aliphatic rings. The zero-order valence-corrected chi connectivity index (χ0v) is 14.4. The minimum Gasteiger partial charge on any atom is -0.267 e. The number of nitrogens with zero attached hydrogens (tertiary/aromatic N) is 1. The Labute approximate surface area is 138 Å². The Bertz CT molecular complexity index is 556.